The fourth-order valence-corrected chi connectivity index (χ4v) is 2.86. The summed E-state index contributed by atoms with van der Waals surface area (Å²) in [4.78, 5) is 4.45. The van der Waals surface area contributed by atoms with Gasteiger partial charge in [0.25, 0.3) is 0 Å². The number of hydrogen-bond acceptors (Lipinski definition) is 1. The van der Waals surface area contributed by atoms with Crippen LogP contribution in [0.5, 0.6) is 0 Å². The monoisotopic (exact) mass is 301 g/mol. The van der Waals surface area contributed by atoms with Gasteiger partial charge >= 0.3 is 0 Å². The van der Waals surface area contributed by atoms with Gasteiger partial charge in [0, 0.05) is 11.8 Å². The average Bonchev–Trinajstić information content (AvgIpc) is 2.54. The first-order chi connectivity index (χ1) is 11.0. The lowest BCUT2D eigenvalue weighted by molar-refractivity contribution is 0.411. The second-order valence-electron chi connectivity index (χ2n) is 7.23. The van der Waals surface area contributed by atoms with E-state index in [1.807, 2.05) is 18.3 Å². The summed E-state index contributed by atoms with van der Waals surface area (Å²) in [5.41, 5.74) is 6.37. The molecule has 0 unspecified atom stereocenters. The highest BCUT2D eigenvalue weighted by Crippen LogP contribution is 2.28. The molecule has 0 aliphatic carbocycles. The van der Waals surface area contributed by atoms with Gasteiger partial charge in [0.2, 0.25) is 0 Å². The highest BCUT2D eigenvalue weighted by atomic mass is 14.7. The van der Waals surface area contributed by atoms with Gasteiger partial charge in [-0.15, -0.1) is 0 Å². The van der Waals surface area contributed by atoms with E-state index < -0.39 is 0 Å². The minimum absolute atomic E-state index is 0.300. The first-order valence-electron chi connectivity index (χ1n) is 8.12. The van der Waals surface area contributed by atoms with Crippen LogP contribution in [0.4, 0.5) is 0 Å². The van der Waals surface area contributed by atoms with E-state index in [4.69, 9.17) is 0 Å². The SMILES string of the molecule is CC(C)(C)Cc1cccc(-c2cccc(-c3ccccn3)c2)c1. The van der Waals surface area contributed by atoms with Gasteiger partial charge in [0.1, 0.15) is 0 Å². The van der Waals surface area contributed by atoms with E-state index in [1.165, 1.54) is 16.7 Å². The van der Waals surface area contributed by atoms with Crippen molar-refractivity contribution in [3.8, 4) is 22.4 Å². The van der Waals surface area contributed by atoms with E-state index in [0.717, 1.165) is 17.7 Å². The normalized spacial score (nSPS) is 11.4. The van der Waals surface area contributed by atoms with Crippen LogP contribution in [-0.2, 0) is 6.42 Å². The molecule has 0 aliphatic heterocycles. The Hall–Kier alpha value is -2.41. The van der Waals surface area contributed by atoms with Crippen LogP contribution < -0.4 is 0 Å². The van der Waals surface area contributed by atoms with E-state index in [1.54, 1.807) is 0 Å². The number of nitrogens with zero attached hydrogens (tertiary/aromatic N) is 1. The van der Waals surface area contributed by atoms with Crippen LogP contribution in [0.15, 0.2) is 72.9 Å². The Kier molecular flexibility index (Phi) is 4.29. The molecule has 23 heavy (non-hydrogen) atoms. The molecule has 2 aromatic carbocycles. The Morgan fingerprint density at radius 1 is 0.739 bits per heavy atom. The molecule has 116 valence electrons. The summed E-state index contributed by atoms with van der Waals surface area (Å²) < 4.78 is 0. The molecule has 1 heteroatoms. The van der Waals surface area contributed by atoms with Gasteiger partial charge in [-0.25, -0.2) is 0 Å². The fraction of sp³-hybridized carbons (Fsp3) is 0.227. The lowest BCUT2D eigenvalue weighted by Crippen LogP contribution is -2.08. The summed E-state index contributed by atoms with van der Waals surface area (Å²) in [5, 5.41) is 0. The molecule has 3 aromatic rings. The molecule has 0 saturated heterocycles. The quantitative estimate of drug-likeness (QED) is 0.577. The van der Waals surface area contributed by atoms with Crippen LogP contribution in [0, 0.1) is 5.41 Å². The summed E-state index contributed by atoms with van der Waals surface area (Å²) in [6, 6.07) is 23.5. The maximum Gasteiger partial charge on any atom is 0.0702 e. The molecular weight excluding hydrogens is 278 g/mol. The Balaban J connectivity index is 1.95. The zero-order valence-electron chi connectivity index (χ0n) is 14.1. The third-order valence-electron chi connectivity index (χ3n) is 3.82. The molecule has 0 bridgehead atoms. The summed E-state index contributed by atoms with van der Waals surface area (Å²) in [6.45, 7) is 6.84. The van der Waals surface area contributed by atoms with Crippen LogP contribution in [0.2, 0.25) is 0 Å². The Bertz CT molecular complexity index is 782. The van der Waals surface area contributed by atoms with Crippen molar-refractivity contribution < 1.29 is 0 Å². The summed E-state index contributed by atoms with van der Waals surface area (Å²) in [6.07, 6.45) is 2.92. The lowest BCUT2D eigenvalue weighted by Gasteiger charge is -2.18. The largest absolute Gasteiger partial charge is 0.256 e. The predicted molar refractivity (Wildman–Crippen MR) is 98.3 cm³/mol. The fourth-order valence-electron chi connectivity index (χ4n) is 2.86. The van der Waals surface area contributed by atoms with Gasteiger partial charge in [0.05, 0.1) is 5.69 Å². The average molecular weight is 301 g/mol. The van der Waals surface area contributed by atoms with Crippen molar-refractivity contribution in [2.24, 2.45) is 5.41 Å². The molecule has 0 radical (unpaired) electrons. The van der Waals surface area contributed by atoms with Crippen LogP contribution >= 0.6 is 0 Å². The summed E-state index contributed by atoms with van der Waals surface area (Å²) in [5.74, 6) is 0. The summed E-state index contributed by atoms with van der Waals surface area (Å²) >= 11 is 0. The Labute approximate surface area is 139 Å². The van der Waals surface area contributed by atoms with Gasteiger partial charge in [-0.1, -0.05) is 69.3 Å². The van der Waals surface area contributed by atoms with Crippen molar-refractivity contribution in [2.75, 3.05) is 0 Å². The third kappa shape index (κ3) is 4.07. The molecule has 0 fully saturated rings. The molecule has 0 atom stereocenters. The van der Waals surface area contributed by atoms with Gasteiger partial charge in [-0.2, -0.15) is 0 Å². The van der Waals surface area contributed by atoms with E-state index in [0.29, 0.717) is 5.41 Å². The third-order valence-corrected chi connectivity index (χ3v) is 3.82. The number of aromatic nitrogens is 1. The molecule has 0 N–H and O–H groups in total. The number of rotatable bonds is 3. The molecule has 0 aliphatic rings. The van der Waals surface area contributed by atoms with Crippen LogP contribution in [0.25, 0.3) is 22.4 Å². The minimum atomic E-state index is 0.300. The maximum atomic E-state index is 4.45. The Morgan fingerprint density at radius 3 is 2.13 bits per heavy atom. The molecule has 1 aromatic heterocycles. The standard InChI is InChI=1S/C22H23N/c1-22(2,3)16-17-8-6-9-18(14-17)19-10-7-11-20(15-19)21-12-4-5-13-23-21/h4-15H,16H2,1-3H3. The first kappa shape index (κ1) is 15.5. The molecule has 0 spiro atoms. The lowest BCUT2D eigenvalue weighted by atomic mass is 9.87. The van der Waals surface area contributed by atoms with Crippen molar-refractivity contribution >= 4 is 0 Å². The number of hydrogen-bond donors (Lipinski definition) is 0. The maximum absolute atomic E-state index is 4.45. The summed E-state index contributed by atoms with van der Waals surface area (Å²) in [7, 11) is 0. The van der Waals surface area contributed by atoms with Crippen molar-refractivity contribution in [3.63, 3.8) is 0 Å². The molecular formula is C22H23N. The van der Waals surface area contributed by atoms with E-state index in [2.05, 4.69) is 80.4 Å². The zero-order valence-corrected chi connectivity index (χ0v) is 14.1. The molecule has 3 rings (SSSR count). The minimum Gasteiger partial charge on any atom is -0.256 e. The van der Waals surface area contributed by atoms with Gasteiger partial charge in [-0.3, -0.25) is 4.98 Å². The highest BCUT2D eigenvalue weighted by molar-refractivity contribution is 5.71. The second kappa shape index (κ2) is 6.37. The van der Waals surface area contributed by atoms with Gasteiger partial charge < -0.3 is 0 Å². The first-order valence-corrected chi connectivity index (χ1v) is 8.12. The molecule has 1 heterocycles. The number of pyridine rings is 1. The van der Waals surface area contributed by atoms with Crippen LogP contribution in [-0.4, -0.2) is 4.98 Å². The van der Waals surface area contributed by atoms with Crippen molar-refractivity contribution in [1.82, 2.24) is 4.98 Å². The molecule has 1 nitrogen and oxygen atoms in total. The highest BCUT2D eigenvalue weighted by Gasteiger charge is 2.11. The van der Waals surface area contributed by atoms with Crippen molar-refractivity contribution in [1.29, 1.82) is 0 Å². The zero-order chi connectivity index (χ0) is 16.3. The van der Waals surface area contributed by atoms with Crippen LogP contribution in [0.3, 0.4) is 0 Å². The predicted octanol–water partition coefficient (Wildman–Crippen LogP) is 6.00. The van der Waals surface area contributed by atoms with Gasteiger partial charge in [0.15, 0.2) is 0 Å². The van der Waals surface area contributed by atoms with Crippen molar-refractivity contribution in [2.45, 2.75) is 27.2 Å². The molecule has 0 saturated carbocycles. The number of benzene rings is 2. The Morgan fingerprint density at radius 2 is 1.43 bits per heavy atom. The topological polar surface area (TPSA) is 12.9 Å². The van der Waals surface area contributed by atoms with Crippen LogP contribution in [0.1, 0.15) is 26.3 Å². The smallest absolute Gasteiger partial charge is 0.0702 e. The van der Waals surface area contributed by atoms with E-state index >= 15 is 0 Å². The van der Waals surface area contributed by atoms with Crippen molar-refractivity contribution in [3.05, 3.63) is 78.5 Å². The van der Waals surface area contributed by atoms with E-state index in [9.17, 15) is 0 Å². The van der Waals surface area contributed by atoms with E-state index in [-0.39, 0.29) is 0 Å². The second-order valence-corrected chi connectivity index (χ2v) is 7.23. The molecule has 0 amide bonds. The van der Waals surface area contributed by atoms with Gasteiger partial charge in [-0.05, 0) is 46.7 Å².